The van der Waals surface area contributed by atoms with Crippen molar-refractivity contribution in [1.82, 2.24) is 10.2 Å². The van der Waals surface area contributed by atoms with Crippen LogP contribution in [0.5, 0.6) is 0 Å². The van der Waals surface area contributed by atoms with Crippen LogP contribution in [0.25, 0.3) is 0 Å². The molecule has 0 radical (unpaired) electrons. The van der Waals surface area contributed by atoms with Crippen molar-refractivity contribution in [1.29, 1.82) is 0 Å². The molecule has 0 bridgehead atoms. The predicted octanol–water partition coefficient (Wildman–Crippen LogP) is 0.690. The van der Waals surface area contributed by atoms with E-state index in [0.29, 0.717) is 18.9 Å². The Labute approximate surface area is 82.1 Å². The molecule has 3 N–H and O–H groups in total. The van der Waals surface area contributed by atoms with Crippen LogP contribution < -0.4 is 5.73 Å². The number of carbonyl (C=O) groups excluding carboxylic acids is 1. The fourth-order valence-electron chi connectivity index (χ4n) is 0.879. The van der Waals surface area contributed by atoms with Crippen LogP contribution in [0.4, 0.5) is 5.82 Å². The Morgan fingerprint density at radius 3 is 3.00 bits per heavy atom. The average molecular weight is 206 g/mol. The van der Waals surface area contributed by atoms with E-state index in [2.05, 4.69) is 14.9 Å². The van der Waals surface area contributed by atoms with Gasteiger partial charge in [0, 0.05) is 17.7 Å². The zero-order chi connectivity index (χ0) is 8.97. The average Bonchev–Trinajstić information content (AvgIpc) is 2.47. The van der Waals surface area contributed by atoms with Gasteiger partial charge in [0.2, 0.25) is 0 Å². The molecule has 0 spiro atoms. The number of carbonyl (C=O) groups is 1. The highest BCUT2D eigenvalue weighted by molar-refractivity contribution is 5.85. The summed E-state index contributed by atoms with van der Waals surface area (Å²) in [4.78, 5) is 9.87. The minimum Gasteiger partial charge on any atom is -0.467 e. The van der Waals surface area contributed by atoms with Gasteiger partial charge in [0.25, 0.3) is 6.47 Å². The lowest BCUT2D eigenvalue weighted by atomic mass is 10.1. The lowest BCUT2D eigenvalue weighted by Crippen LogP contribution is -2.03. The van der Waals surface area contributed by atoms with E-state index in [-0.39, 0.29) is 18.3 Å². The second-order valence-electron chi connectivity index (χ2n) is 2.58. The molecule has 1 aromatic rings. The van der Waals surface area contributed by atoms with E-state index >= 15 is 0 Å². The number of aromatic amines is 1. The van der Waals surface area contributed by atoms with Crippen LogP contribution in [-0.4, -0.2) is 23.3 Å². The number of ether oxygens (including phenoxy) is 1. The molecule has 0 saturated heterocycles. The van der Waals surface area contributed by atoms with Crippen molar-refractivity contribution in [3.05, 3.63) is 11.8 Å². The molecule has 0 fully saturated rings. The number of nitrogens with one attached hydrogen (secondary N) is 1. The first-order chi connectivity index (χ1) is 5.74. The molecule has 1 aromatic heterocycles. The highest BCUT2D eigenvalue weighted by atomic mass is 35.5. The quantitative estimate of drug-likeness (QED) is 0.709. The number of anilines is 1. The molecule has 5 nitrogen and oxygen atoms in total. The summed E-state index contributed by atoms with van der Waals surface area (Å²) in [5.41, 5.74) is 6.26. The standard InChI is InChI=1S/C7H11N3O2.ClH/c1-5(3-12-4-11)6-2-7(8)10-9-6;/h2,4-5H,3H2,1H3,(H3,8,9,10);1H. The van der Waals surface area contributed by atoms with E-state index in [1.54, 1.807) is 6.07 Å². The molecule has 0 saturated carbocycles. The zero-order valence-corrected chi connectivity index (χ0v) is 8.00. The number of rotatable bonds is 4. The molecule has 0 aliphatic carbocycles. The number of H-pyrrole nitrogens is 1. The van der Waals surface area contributed by atoms with Crippen LogP contribution in [-0.2, 0) is 9.53 Å². The minimum absolute atomic E-state index is 0. The fraction of sp³-hybridized carbons (Fsp3) is 0.429. The van der Waals surface area contributed by atoms with Gasteiger partial charge in [-0.1, -0.05) is 6.92 Å². The summed E-state index contributed by atoms with van der Waals surface area (Å²) in [6.07, 6.45) is 0. The summed E-state index contributed by atoms with van der Waals surface area (Å²) in [6, 6.07) is 1.72. The molecule has 6 heteroatoms. The predicted molar refractivity (Wildman–Crippen MR) is 50.7 cm³/mol. The van der Waals surface area contributed by atoms with E-state index in [4.69, 9.17) is 5.73 Å². The summed E-state index contributed by atoms with van der Waals surface area (Å²) in [5, 5.41) is 6.50. The van der Waals surface area contributed by atoms with Gasteiger partial charge in [0.15, 0.2) is 0 Å². The molecule has 0 aliphatic heterocycles. The minimum atomic E-state index is 0. The maximum absolute atomic E-state index is 9.87. The van der Waals surface area contributed by atoms with Crippen molar-refractivity contribution in [2.24, 2.45) is 0 Å². The Bertz CT molecular complexity index is 264. The molecular formula is C7H12ClN3O2. The third-order valence-corrected chi connectivity index (χ3v) is 1.56. The maximum Gasteiger partial charge on any atom is 0.293 e. The highest BCUT2D eigenvalue weighted by Crippen LogP contribution is 2.13. The topological polar surface area (TPSA) is 81.0 Å². The molecule has 1 rings (SSSR count). The Kier molecular flexibility index (Phi) is 4.91. The SMILES string of the molecule is CC(COC=O)c1cc(N)n[nH]1.Cl. The van der Waals surface area contributed by atoms with Gasteiger partial charge in [-0.25, -0.2) is 0 Å². The van der Waals surface area contributed by atoms with Crippen LogP contribution in [0.3, 0.4) is 0 Å². The van der Waals surface area contributed by atoms with Crippen molar-refractivity contribution < 1.29 is 9.53 Å². The van der Waals surface area contributed by atoms with Crippen molar-refractivity contribution in [2.45, 2.75) is 12.8 Å². The fourth-order valence-corrected chi connectivity index (χ4v) is 0.879. The first kappa shape index (κ1) is 11.8. The van der Waals surface area contributed by atoms with Crippen LogP contribution in [0.2, 0.25) is 0 Å². The van der Waals surface area contributed by atoms with E-state index in [0.717, 1.165) is 5.69 Å². The van der Waals surface area contributed by atoms with Gasteiger partial charge in [-0.05, 0) is 0 Å². The number of aromatic nitrogens is 2. The Hall–Kier alpha value is -1.23. The van der Waals surface area contributed by atoms with Gasteiger partial charge in [0.05, 0.1) is 6.61 Å². The molecule has 0 amide bonds. The summed E-state index contributed by atoms with van der Waals surface area (Å²) >= 11 is 0. The van der Waals surface area contributed by atoms with Gasteiger partial charge in [-0.2, -0.15) is 5.10 Å². The molecule has 0 aliphatic rings. The van der Waals surface area contributed by atoms with Crippen LogP contribution in [0, 0.1) is 0 Å². The van der Waals surface area contributed by atoms with Crippen LogP contribution >= 0.6 is 12.4 Å². The maximum atomic E-state index is 9.87. The second-order valence-corrected chi connectivity index (χ2v) is 2.58. The molecule has 1 atom stereocenters. The van der Waals surface area contributed by atoms with E-state index in [9.17, 15) is 4.79 Å². The lowest BCUT2D eigenvalue weighted by Gasteiger charge is -2.05. The summed E-state index contributed by atoms with van der Waals surface area (Å²) < 4.78 is 4.59. The van der Waals surface area contributed by atoms with Gasteiger partial charge in [-0.15, -0.1) is 12.4 Å². The van der Waals surface area contributed by atoms with Crippen molar-refractivity contribution in [3.63, 3.8) is 0 Å². The van der Waals surface area contributed by atoms with Crippen molar-refractivity contribution in [3.8, 4) is 0 Å². The monoisotopic (exact) mass is 205 g/mol. The third-order valence-electron chi connectivity index (χ3n) is 1.56. The van der Waals surface area contributed by atoms with Crippen molar-refractivity contribution in [2.75, 3.05) is 12.3 Å². The second kappa shape index (κ2) is 5.42. The largest absolute Gasteiger partial charge is 0.467 e. The molecule has 0 aromatic carbocycles. The Morgan fingerprint density at radius 1 is 1.85 bits per heavy atom. The third kappa shape index (κ3) is 3.33. The highest BCUT2D eigenvalue weighted by Gasteiger charge is 2.07. The van der Waals surface area contributed by atoms with E-state index in [1.807, 2.05) is 6.92 Å². The number of nitrogens with zero attached hydrogens (tertiary/aromatic N) is 1. The van der Waals surface area contributed by atoms with Gasteiger partial charge in [0.1, 0.15) is 5.82 Å². The smallest absolute Gasteiger partial charge is 0.293 e. The lowest BCUT2D eigenvalue weighted by molar-refractivity contribution is -0.129. The zero-order valence-electron chi connectivity index (χ0n) is 7.19. The number of hydrogen-bond donors (Lipinski definition) is 2. The number of nitrogen functional groups attached to an aromatic ring is 1. The van der Waals surface area contributed by atoms with Gasteiger partial charge >= 0.3 is 0 Å². The number of nitrogens with two attached hydrogens (primary N) is 1. The van der Waals surface area contributed by atoms with Crippen LogP contribution in [0.15, 0.2) is 6.07 Å². The van der Waals surface area contributed by atoms with E-state index < -0.39 is 0 Å². The summed E-state index contributed by atoms with van der Waals surface area (Å²) in [6.45, 7) is 2.68. The molecule has 1 unspecified atom stereocenters. The van der Waals surface area contributed by atoms with E-state index in [1.165, 1.54) is 0 Å². The van der Waals surface area contributed by atoms with Gasteiger partial charge in [-0.3, -0.25) is 9.89 Å². The Balaban J connectivity index is 0.00000144. The molecule has 1 heterocycles. The summed E-state index contributed by atoms with van der Waals surface area (Å²) in [5.74, 6) is 0.544. The van der Waals surface area contributed by atoms with Crippen molar-refractivity contribution >= 4 is 24.7 Å². The number of halogens is 1. The molecular weight excluding hydrogens is 194 g/mol. The summed E-state index contributed by atoms with van der Waals surface area (Å²) in [7, 11) is 0. The normalized spacial score (nSPS) is 11.5. The van der Waals surface area contributed by atoms with Crippen LogP contribution in [0.1, 0.15) is 18.5 Å². The molecule has 74 valence electrons. The first-order valence-electron chi connectivity index (χ1n) is 3.60. The van der Waals surface area contributed by atoms with Gasteiger partial charge < -0.3 is 10.5 Å². The Morgan fingerprint density at radius 2 is 2.54 bits per heavy atom. The first-order valence-corrected chi connectivity index (χ1v) is 3.60. The molecule has 13 heavy (non-hydrogen) atoms. The number of hydrogen-bond acceptors (Lipinski definition) is 4.